The van der Waals surface area contributed by atoms with Crippen molar-refractivity contribution in [3.8, 4) is 11.8 Å². The Morgan fingerprint density at radius 2 is 2.12 bits per heavy atom. The second-order valence-corrected chi connectivity index (χ2v) is 3.35. The Morgan fingerprint density at radius 3 is 2.71 bits per heavy atom. The summed E-state index contributed by atoms with van der Waals surface area (Å²) in [6, 6.07) is 8.95. The summed E-state index contributed by atoms with van der Waals surface area (Å²) in [4.78, 5) is 16.0. The number of nitriles is 1. The van der Waals surface area contributed by atoms with Gasteiger partial charge in [-0.1, -0.05) is 22.9 Å². The number of esters is 1. The normalized spacial score (nSPS) is 11.8. The lowest BCUT2D eigenvalue weighted by molar-refractivity contribution is -0.137. The Hall–Kier alpha value is -2.35. The third kappa shape index (κ3) is 4.80. The summed E-state index contributed by atoms with van der Waals surface area (Å²) in [5.41, 5.74) is 1.10. The fraction of sp³-hybridized carbons (Fsp3) is 0.250. The molecule has 0 saturated carbocycles. The largest absolute Gasteiger partial charge is 0.443 e. The van der Waals surface area contributed by atoms with Crippen molar-refractivity contribution in [2.24, 2.45) is 5.16 Å². The molecule has 0 aliphatic carbocycles. The summed E-state index contributed by atoms with van der Waals surface area (Å²) in [7, 11) is 0. The van der Waals surface area contributed by atoms with Crippen LogP contribution >= 0.6 is 0 Å². The SMILES string of the molecule is Cc1ccc(ON=CC(=O)OC(C)C#N)cc1. The van der Waals surface area contributed by atoms with E-state index in [9.17, 15) is 4.79 Å². The fourth-order valence-corrected chi connectivity index (χ4v) is 0.960. The van der Waals surface area contributed by atoms with Crippen molar-refractivity contribution in [1.29, 1.82) is 5.26 Å². The molecule has 0 fully saturated rings. The van der Waals surface area contributed by atoms with Crippen molar-refractivity contribution in [2.75, 3.05) is 0 Å². The minimum Gasteiger partial charge on any atom is -0.443 e. The van der Waals surface area contributed by atoms with Crippen LogP contribution in [0.15, 0.2) is 29.4 Å². The average molecular weight is 232 g/mol. The molecule has 0 bridgehead atoms. The van der Waals surface area contributed by atoms with Crippen LogP contribution in [0.5, 0.6) is 5.75 Å². The second kappa shape index (κ2) is 6.28. The first kappa shape index (κ1) is 12.7. The van der Waals surface area contributed by atoms with Gasteiger partial charge in [0.05, 0.1) is 0 Å². The van der Waals surface area contributed by atoms with Crippen molar-refractivity contribution < 1.29 is 14.4 Å². The van der Waals surface area contributed by atoms with Crippen LogP contribution in [-0.4, -0.2) is 18.3 Å². The number of aryl methyl sites for hydroxylation is 1. The molecule has 88 valence electrons. The third-order valence-corrected chi connectivity index (χ3v) is 1.81. The van der Waals surface area contributed by atoms with E-state index in [0.29, 0.717) is 5.75 Å². The van der Waals surface area contributed by atoms with Gasteiger partial charge in [0.15, 0.2) is 18.1 Å². The number of carbonyl (C=O) groups is 1. The van der Waals surface area contributed by atoms with E-state index < -0.39 is 12.1 Å². The van der Waals surface area contributed by atoms with E-state index >= 15 is 0 Å². The van der Waals surface area contributed by atoms with Crippen molar-refractivity contribution in [3.05, 3.63) is 29.8 Å². The smallest absolute Gasteiger partial charge is 0.354 e. The van der Waals surface area contributed by atoms with E-state index in [4.69, 9.17) is 10.1 Å². The average Bonchev–Trinajstić information content (AvgIpc) is 2.31. The van der Waals surface area contributed by atoms with Gasteiger partial charge in [-0.25, -0.2) is 4.79 Å². The molecule has 1 unspecified atom stereocenters. The predicted molar refractivity (Wildman–Crippen MR) is 61.5 cm³/mol. The van der Waals surface area contributed by atoms with E-state index in [-0.39, 0.29) is 0 Å². The monoisotopic (exact) mass is 232 g/mol. The van der Waals surface area contributed by atoms with Gasteiger partial charge in [-0.05, 0) is 26.0 Å². The van der Waals surface area contributed by atoms with Crippen LogP contribution in [0.4, 0.5) is 0 Å². The summed E-state index contributed by atoms with van der Waals surface area (Å²) in [5, 5.41) is 11.9. The molecule has 1 aromatic carbocycles. The van der Waals surface area contributed by atoms with Crippen LogP contribution in [0.1, 0.15) is 12.5 Å². The van der Waals surface area contributed by atoms with Gasteiger partial charge in [-0.15, -0.1) is 0 Å². The summed E-state index contributed by atoms with van der Waals surface area (Å²) in [6.45, 7) is 3.42. The lowest BCUT2D eigenvalue weighted by atomic mass is 10.2. The maximum absolute atomic E-state index is 11.1. The van der Waals surface area contributed by atoms with Gasteiger partial charge in [0, 0.05) is 0 Å². The molecule has 1 atom stereocenters. The number of ether oxygens (including phenoxy) is 1. The van der Waals surface area contributed by atoms with E-state index in [2.05, 4.69) is 9.89 Å². The predicted octanol–water partition coefficient (Wildman–Crippen LogP) is 1.81. The maximum Gasteiger partial charge on any atom is 0.354 e. The zero-order valence-electron chi connectivity index (χ0n) is 9.58. The molecule has 0 saturated heterocycles. The van der Waals surface area contributed by atoms with E-state index in [1.807, 2.05) is 19.1 Å². The van der Waals surface area contributed by atoms with Gasteiger partial charge < -0.3 is 9.57 Å². The van der Waals surface area contributed by atoms with Crippen molar-refractivity contribution >= 4 is 12.2 Å². The number of oxime groups is 1. The molecular weight excluding hydrogens is 220 g/mol. The highest BCUT2D eigenvalue weighted by Gasteiger charge is 2.04. The summed E-state index contributed by atoms with van der Waals surface area (Å²) in [6.07, 6.45) is 0.0848. The first-order valence-corrected chi connectivity index (χ1v) is 4.99. The zero-order valence-corrected chi connectivity index (χ0v) is 9.58. The van der Waals surface area contributed by atoms with Crippen LogP contribution in [0.3, 0.4) is 0 Å². The van der Waals surface area contributed by atoms with E-state index in [0.717, 1.165) is 11.8 Å². The summed E-state index contributed by atoms with van der Waals surface area (Å²) in [5.74, 6) is -0.195. The molecule has 0 aromatic heterocycles. The summed E-state index contributed by atoms with van der Waals surface area (Å²) < 4.78 is 4.63. The van der Waals surface area contributed by atoms with Gasteiger partial charge in [0.25, 0.3) is 0 Å². The number of benzene rings is 1. The molecule has 1 aromatic rings. The highest BCUT2D eigenvalue weighted by Crippen LogP contribution is 2.11. The first-order valence-electron chi connectivity index (χ1n) is 4.99. The quantitative estimate of drug-likeness (QED) is 0.451. The minimum absolute atomic E-state index is 0.521. The number of nitrogens with zero attached hydrogens (tertiary/aromatic N) is 2. The van der Waals surface area contributed by atoms with Gasteiger partial charge >= 0.3 is 5.97 Å². The van der Waals surface area contributed by atoms with Gasteiger partial charge in [-0.3, -0.25) is 0 Å². The number of hydrogen-bond donors (Lipinski definition) is 0. The minimum atomic E-state index is -0.798. The molecule has 0 spiro atoms. The highest BCUT2D eigenvalue weighted by atomic mass is 16.6. The van der Waals surface area contributed by atoms with Gasteiger partial charge in [0.1, 0.15) is 6.07 Å². The fourth-order valence-electron chi connectivity index (χ4n) is 0.960. The molecule has 0 aliphatic heterocycles. The maximum atomic E-state index is 11.1. The standard InChI is InChI=1S/C12H12N2O3/c1-9-3-5-11(6-4-9)17-14-8-12(15)16-10(2)7-13/h3-6,8,10H,1-2H3. The third-order valence-electron chi connectivity index (χ3n) is 1.81. The molecule has 0 radical (unpaired) electrons. The Bertz CT molecular complexity index is 446. The summed E-state index contributed by atoms with van der Waals surface area (Å²) >= 11 is 0. The molecule has 0 N–H and O–H groups in total. The van der Waals surface area contributed by atoms with Crippen molar-refractivity contribution in [1.82, 2.24) is 0 Å². The molecule has 5 nitrogen and oxygen atoms in total. The van der Waals surface area contributed by atoms with Gasteiger partial charge in [-0.2, -0.15) is 5.26 Å². The molecule has 1 rings (SSSR count). The molecule has 5 heteroatoms. The lowest BCUT2D eigenvalue weighted by Gasteiger charge is -2.01. The Balaban J connectivity index is 2.43. The molecule has 0 aliphatic rings. The Kier molecular flexibility index (Phi) is 4.70. The Labute approximate surface area is 99.3 Å². The van der Waals surface area contributed by atoms with Crippen LogP contribution in [0.2, 0.25) is 0 Å². The molecule has 0 amide bonds. The zero-order chi connectivity index (χ0) is 12.7. The number of rotatable bonds is 4. The molecular formula is C12H12N2O3. The van der Waals surface area contributed by atoms with E-state index in [1.54, 1.807) is 18.2 Å². The number of hydrogen-bond acceptors (Lipinski definition) is 5. The number of carbonyl (C=O) groups excluding carboxylic acids is 1. The van der Waals surface area contributed by atoms with Crippen LogP contribution < -0.4 is 4.84 Å². The Morgan fingerprint density at radius 1 is 1.47 bits per heavy atom. The van der Waals surface area contributed by atoms with Crippen molar-refractivity contribution in [3.63, 3.8) is 0 Å². The van der Waals surface area contributed by atoms with Gasteiger partial charge in [0.2, 0.25) is 0 Å². The van der Waals surface area contributed by atoms with E-state index in [1.165, 1.54) is 6.92 Å². The van der Waals surface area contributed by atoms with Crippen LogP contribution in [-0.2, 0) is 9.53 Å². The van der Waals surface area contributed by atoms with Crippen LogP contribution in [0, 0.1) is 18.3 Å². The van der Waals surface area contributed by atoms with Crippen molar-refractivity contribution in [2.45, 2.75) is 20.0 Å². The lowest BCUT2D eigenvalue weighted by Crippen LogP contribution is -2.13. The first-order chi connectivity index (χ1) is 8.11. The second-order valence-electron chi connectivity index (χ2n) is 3.35. The topological polar surface area (TPSA) is 71.7 Å². The molecule has 0 heterocycles. The van der Waals surface area contributed by atoms with Crippen LogP contribution in [0.25, 0.3) is 0 Å². The highest BCUT2D eigenvalue weighted by molar-refractivity contribution is 6.23. The molecule has 17 heavy (non-hydrogen) atoms.